The minimum atomic E-state index is -4.65. The molecule has 42 heavy (non-hydrogen) atoms. The van der Waals surface area contributed by atoms with E-state index in [1.54, 1.807) is 77.9 Å². The van der Waals surface area contributed by atoms with E-state index in [-0.39, 0.29) is 11.1 Å². The zero-order valence-corrected chi connectivity index (χ0v) is 25.7. The minimum absolute atomic E-state index is 0.204. The van der Waals surface area contributed by atoms with Crippen molar-refractivity contribution < 1.29 is 44.3 Å². The molecule has 0 aliphatic carbocycles. The van der Waals surface area contributed by atoms with E-state index in [0.29, 0.717) is 0 Å². The Balaban J connectivity index is 0.000000420. The highest BCUT2D eigenvalue weighted by Crippen LogP contribution is 2.27. The molecule has 2 aromatic carbocycles. The van der Waals surface area contributed by atoms with E-state index in [1.807, 2.05) is 9.44 Å². The van der Waals surface area contributed by atoms with Crippen molar-refractivity contribution in [1.29, 1.82) is 0 Å². The number of carbonyl (C=O) groups is 2. The van der Waals surface area contributed by atoms with Crippen LogP contribution in [-0.2, 0) is 22.0 Å². The maximum atomic E-state index is 13.0. The van der Waals surface area contributed by atoms with Crippen LogP contribution >= 0.6 is 0 Å². The number of hydrogen-bond acceptors (Lipinski definition) is 4. The van der Waals surface area contributed by atoms with Crippen LogP contribution in [0.4, 0.5) is 26.3 Å². The summed E-state index contributed by atoms with van der Waals surface area (Å²) in [7, 11) is -3.82. The Kier molecular flexibility index (Phi) is 13.7. The predicted molar refractivity (Wildman–Crippen MR) is 153 cm³/mol. The molecule has 0 bridgehead atoms. The minimum Gasteiger partial charge on any atom is -0.294 e. The van der Waals surface area contributed by atoms with Crippen molar-refractivity contribution in [2.24, 2.45) is 0 Å². The lowest BCUT2D eigenvalue weighted by atomic mass is 10.0. The first-order valence-corrected chi connectivity index (χ1v) is 15.0. The van der Waals surface area contributed by atoms with E-state index in [4.69, 9.17) is 0 Å². The second kappa shape index (κ2) is 15.3. The molecule has 0 aliphatic rings. The zero-order chi connectivity index (χ0) is 32.5. The molecule has 0 saturated carbocycles. The fraction of sp³-hybridized carbons (Fsp3) is 0.500. The SMILES string of the molecule is CC(C)(C)[S@](=O)N[C@@H](CC(=O)c1ccccc1)C(F)(F)F.CC(C)(C)[S@](=O)N[C@@H](CC(=O)c1ccccc1)C(F)(F)F. The Morgan fingerprint density at radius 1 is 0.595 bits per heavy atom. The van der Waals surface area contributed by atoms with Gasteiger partial charge in [0, 0.05) is 24.0 Å². The predicted octanol–water partition coefficient (Wildman–Crippen LogP) is 6.48. The molecule has 2 rings (SSSR count). The molecule has 2 aromatic rings. The first-order chi connectivity index (χ1) is 19.0. The summed E-state index contributed by atoms with van der Waals surface area (Å²) in [5.41, 5.74) is 0.408. The van der Waals surface area contributed by atoms with Crippen LogP contribution in [0.15, 0.2) is 60.7 Å². The molecule has 0 radical (unpaired) electrons. The number of rotatable bonds is 10. The van der Waals surface area contributed by atoms with Crippen LogP contribution in [0.3, 0.4) is 0 Å². The van der Waals surface area contributed by atoms with Gasteiger partial charge in [-0.05, 0) is 41.5 Å². The van der Waals surface area contributed by atoms with Gasteiger partial charge >= 0.3 is 12.4 Å². The summed E-state index contributed by atoms with van der Waals surface area (Å²) in [4.78, 5) is 23.8. The van der Waals surface area contributed by atoms with Crippen LogP contribution in [0.5, 0.6) is 0 Å². The van der Waals surface area contributed by atoms with Gasteiger partial charge in [-0.15, -0.1) is 0 Å². The Bertz CT molecular complexity index is 1110. The summed E-state index contributed by atoms with van der Waals surface area (Å²) in [6, 6.07) is 11.2. The van der Waals surface area contributed by atoms with Crippen LogP contribution in [-0.4, -0.2) is 53.9 Å². The number of carbonyl (C=O) groups excluding carboxylic acids is 2. The molecule has 0 amide bonds. The van der Waals surface area contributed by atoms with E-state index in [2.05, 4.69) is 0 Å². The summed E-state index contributed by atoms with van der Waals surface area (Å²) in [5, 5.41) is 0. The quantitative estimate of drug-likeness (QED) is 0.229. The Labute approximate surface area is 247 Å². The maximum Gasteiger partial charge on any atom is 0.405 e. The van der Waals surface area contributed by atoms with Crippen LogP contribution in [0.1, 0.15) is 75.1 Å². The fourth-order valence-electron chi connectivity index (χ4n) is 2.91. The van der Waals surface area contributed by atoms with Crippen molar-refractivity contribution in [1.82, 2.24) is 9.44 Å². The Morgan fingerprint density at radius 2 is 0.857 bits per heavy atom. The first-order valence-electron chi connectivity index (χ1n) is 12.7. The molecule has 0 spiro atoms. The topological polar surface area (TPSA) is 92.3 Å². The Hall–Kier alpha value is -2.42. The van der Waals surface area contributed by atoms with Gasteiger partial charge in [-0.2, -0.15) is 26.3 Å². The molecule has 4 atom stereocenters. The van der Waals surface area contributed by atoms with Gasteiger partial charge in [0.15, 0.2) is 11.6 Å². The van der Waals surface area contributed by atoms with Gasteiger partial charge in [0.05, 0.1) is 31.5 Å². The van der Waals surface area contributed by atoms with Crippen molar-refractivity contribution in [3.05, 3.63) is 71.8 Å². The number of benzene rings is 2. The number of halogens is 6. The highest BCUT2D eigenvalue weighted by atomic mass is 32.2. The van der Waals surface area contributed by atoms with Crippen molar-refractivity contribution >= 4 is 33.5 Å². The van der Waals surface area contributed by atoms with Gasteiger partial charge in [-0.3, -0.25) is 9.59 Å². The molecule has 6 nitrogen and oxygen atoms in total. The smallest absolute Gasteiger partial charge is 0.294 e. The largest absolute Gasteiger partial charge is 0.405 e. The first kappa shape index (κ1) is 37.6. The molecule has 236 valence electrons. The second-order valence-electron chi connectivity index (χ2n) is 11.2. The monoisotopic (exact) mass is 642 g/mol. The van der Waals surface area contributed by atoms with Crippen LogP contribution in [0.2, 0.25) is 0 Å². The van der Waals surface area contributed by atoms with E-state index in [9.17, 15) is 44.3 Å². The van der Waals surface area contributed by atoms with E-state index in [0.717, 1.165) is 0 Å². The van der Waals surface area contributed by atoms with E-state index < -0.39 is 80.3 Å². The van der Waals surface area contributed by atoms with Crippen LogP contribution < -0.4 is 9.44 Å². The second-order valence-corrected chi connectivity index (χ2v) is 15.2. The standard InChI is InChI=1S/2C14H18F3NO2S/c2*1-13(2,3)21(20)18-12(14(15,16)17)9-11(19)10-7-5-4-6-8-10/h2*4-8,12,18H,9H2,1-3H3/t2*12-,21-/m00/s1. The molecule has 0 aliphatic heterocycles. The van der Waals surface area contributed by atoms with E-state index in [1.165, 1.54) is 24.3 Å². The maximum absolute atomic E-state index is 13.0. The highest BCUT2D eigenvalue weighted by Gasteiger charge is 2.44. The average Bonchev–Trinajstić information content (AvgIpc) is 2.86. The number of ketones is 2. The molecule has 0 saturated heterocycles. The number of hydrogen-bond donors (Lipinski definition) is 2. The number of Topliss-reactive ketones (excluding diaryl/α,β-unsaturated/α-hetero) is 2. The lowest BCUT2D eigenvalue weighted by Gasteiger charge is -2.25. The van der Waals surface area contributed by atoms with Crippen molar-refractivity contribution in [2.45, 2.75) is 88.3 Å². The lowest BCUT2D eigenvalue weighted by Crippen LogP contribution is -2.48. The van der Waals surface area contributed by atoms with Gasteiger partial charge in [0.1, 0.15) is 12.1 Å². The number of nitrogens with one attached hydrogen (secondary N) is 2. The number of alkyl halides is 6. The van der Waals surface area contributed by atoms with Crippen molar-refractivity contribution in [3.8, 4) is 0 Å². The van der Waals surface area contributed by atoms with Gasteiger partial charge in [-0.1, -0.05) is 60.7 Å². The van der Waals surface area contributed by atoms with Gasteiger partial charge in [-0.25, -0.2) is 17.9 Å². The summed E-state index contributed by atoms with van der Waals surface area (Å²) in [6.45, 7) is 9.35. The normalized spacial score (nSPS) is 15.5. The van der Waals surface area contributed by atoms with E-state index >= 15 is 0 Å². The van der Waals surface area contributed by atoms with Gasteiger partial charge < -0.3 is 0 Å². The Morgan fingerprint density at radius 3 is 1.07 bits per heavy atom. The molecule has 0 aromatic heterocycles. The molecule has 14 heteroatoms. The van der Waals surface area contributed by atoms with Crippen molar-refractivity contribution in [3.63, 3.8) is 0 Å². The summed E-state index contributed by atoms with van der Waals surface area (Å²) >= 11 is 0. The lowest BCUT2D eigenvalue weighted by molar-refractivity contribution is -0.150. The third-order valence-electron chi connectivity index (χ3n) is 5.37. The molecule has 0 fully saturated rings. The molecule has 0 heterocycles. The fourth-order valence-corrected chi connectivity index (χ4v) is 4.57. The van der Waals surface area contributed by atoms with Gasteiger partial charge in [0.2, 0.25) is 0 Å². The highest BCUT2D eigenvalue weighted by molar-refractivity contribution is 7.84. The average molecular weight is 643 g/mol. The van der Waals surface area contributed by atoms with Crippen LogP contribution in [0.25, 0.3) is 0 Å². The third kappa shape index (κ3) is 13.3. The van der Waals surface area contributed by atoms with Crippen molar-refractivity contribution in [2.75, 3.05) is 0 Å². The summed E-state index contributed by atoms with van der Waals surface area (Å²) in [6.07, 6.45) is -10.9. The molecule has 2 N–H and O–H groups in total. The molecular weight excluding hydrogens is 606 g/mol. The van der Waals surface area contributed by atoms with Crippen LogP contribution in [0, 0.1) is 0 Å². The summed E-state index contributed by atoms with van der Waals surface area (Å²) < 4.78 is 104. The zero-order valence-electron chi connectivity index (χ0n) is 24.1. The molecular formula is C28H36F6N2O4S2. The van der Waals surface area contributed by atoms with Gasteiger partial charge in [0.25, 0.3) is 0 Å². The molecule has 0 unspecified atom stereocenters. The summed E-state index contributed by atoms with van der Waals surface area (Å²) in [5.74, 6) is -1.28. The third-order valence-corrected chi connectivity index (χ3v) is 8.59.